The fraction of sp³-hybridized carbons (Fsp3) is 0.300. The van der Waals surface area contributed by atoms with Crippen molar-refractivity contribution in [2.24, 2.45) is 0 Å². The normalized spacial score (nSPS) is 11.9. The lowest BCUT2D eigenvalue weighted by Crippen LogP contribution is -2.15. The lowest BCUT2D eigenvalue weighted by atomic mass is 10.2. The summed E-state index contributed by atoms with van der Waals surface area (Å²) in [5, 5.41) is 20.8. The molecule has 0 unspecified atom stereocenters. The number of rotatable bonds is 3. The van der Waals surface area contributed by atoms with Gasteiger partial charge in [0.15, 0.2) is 0 Å². The maximum atomic E-state index is 9.08. The molecular formula is C10H11BrN2O. The summed E-state index contributed by atoms with van der Waals surface area (Å²) in [6.07, 6.45) is -0.391. The zero-order valence-corrected chi connectivity index (χ0v) is 9.37. The zero-order chi connectivity index (χ0) is 10.6. The van der Waals surface area contributed by atoms with Gasteiger partial charge in [-0.15, -0.1) is 0 Å². The second-order valence-electron chi connectivity index (χ2n) is 3.04. The van der Waals surface area contributed by atoms with Crippen molar-refractivity contribution < 1.29 is 5.11 Å². The molecule has 0 aliphatic heterocycles. The molecule has 74 valence electrons. The van der Waals surface area contributed by atoms with Crippen LogP contribution >= 0.6 is 15.9 Å². The van der Waals surface area contributed by atoms with Crippen molar-refractivity contribution in [1.82, 2.24) is 0 Å². The van der Waals surface area contributed by atoms with E-state index in [1.54, 1.807) is 19.1 Å². The first-order valence-electron chi connectivity index (χ1n) is 4.25. The van der Waals surface area contributed by atoms with E-state index in [-0.39, 0.29) is 0 Å². The number of aliphatic hydroxyl groups excluding tert-OH is 1. The number of anilines is 1. The van der Waals surface area contributed by atoms with Gasteiger partial charge in [-0.05, 0) is 41.1 Å². The van der Waals surface area contributed by atoms with Crippen LogP contribution in [-0.4, -0.2) is 17.8 Å². The largest absolute Gasteiger partial charge is 0.392 e. The van der Waals surface area contributed by atoms with E-state index in [4.69, 9.17) is 10.4 Å². The van der Waals surface area contributed by atoms with Gasteiger partial charge < -0.3 is 10.4 Å². The molecule has 1 rings (SSSR count). The van der Waals surface area contributed by atoms with Crippen LogP contribution in [0.15, 0.2) is 22.7 Å². The van der Waals surface area contributed by atoms with Crippen molar-refractivity contribution in [2.45, 2.75) is 13.0 Å². The van der Waals surface area contributed by atoms with E-state index < -0.39 is 6.10 Å². The number of halogens is 1. The van der Waals surface area contributed by atoms with Gasteiger partial charge >= 0.3 is 0 Å². The molecule has 0 saturated heterocycles. The Morgan fingerprint density at radius 3 is 2.86 bits per heavy atom. The Bertz CT molecular complexity index is 358. The summed E-state index contributed by atoms with van der Waals surface area (Å²) in [4.78, 5) is 0. The molecule has 0 bridgehead atoms. The van der Waals surface area contributed by atoms with Crippen LogP contribution in [0, 0.1) is 11.3 Å². The highest BCUT2D eigenvalue weighted by Crippen LogP contribution is 2.23. The number of nitriles is 1. The van der Waals surface area contributed by atoms with Crippen LogP contribution in [0.2, 0.25) is 0 Å². The molecule has 0 fully saturated rings. The average molecular weight is 255 g/mol. The topological polar surface area (TPSA) is 56.0 Å². The molecule has 4 heteroatoms. The van der Waals surface area contributed by atoms with Crippen LogP contribution < -0.4 is 5.32 Å². The maximum Gasteiger partial charge on any atom is 0.0992 e. The van der Waals surface area contributed by atoms with Crippen molar-refractivity contribution in [1.29, 1.82) is 5.26 Å². The SMILES string of the molecule is C[C@@H](O)CNc1ccc(C#N)cc1Br. The molecule has 1 aromatic rings. The fourth-order valence-corrected chi connectivity index (χ4v) is 1.50. The predicted molar refractivity (Wildman–Crippen MR) is 59.0 cm³/mol. The summed E-state index contributed by atoms with van der Waals surface area (Å²) in [5.41, 5.74) is 1.49. The quantitative estimate of drug-likeness (QED) is 0.869. The van der Waals surface area contributed by atoms with Gasteiger partial charge in [-0.1, -0.05) is 0 Å². The predicted octanol–water partition coefficient (Wildman–Crippen LogP) is 2.11. The van der Waals surface area contributed by atoms with Crippen molar-refractivity contribution in [3.8, 4) is 6.07 Å². The Balaban J connectivity index is 2.75. The van der Waals surface area contributed by atoms with Gasteiger partial charge in [-0.25, -0.2) is 0 Å². The minimum absolute atomic E-state index is 0.391. The van der Waals surface area contributed by atoms with Crippen molar-refractivity contribution in [3.05, 3.63) is 28.2 Å². The first-order chi connectivity index (χ1) is 6.63. The summed E-state index contributed by atoms with van der Waals surface area (Å²) in [7, 11) is 0. The molecule has 2 N–H and O–H groups in total. The second kappa shape index (κ2) is 4.99. The first-order valence-corrected chi connectivity index (χ1v) is 5.04. The number of benzene rings is 1. The highest BCUT2D eigenvalue weighted by atomic mass is 79.9. The van der Waals surface area contributed by atoms with E-state index in [0.717, 1.165) is 10.2 Å². The molecule has 0 saturated carbocycles. The Kier molecular flexibility index (Phi) is 3.93. The Morgan fingerprint density at radius 1 is 1.64 bits per heavy atom. The third-order valence-corrected chi connectivity index (χ3v) is 2.34. The molecule has 1 atom stereocenters. The number of hydrogen-bond donors (Lipinski definition) is 2. The average Bonchev–Trinajstić information content (AvgIpc) is 2.15. The molecule has 0 heterocycles. The smallest absolute Gasteiger partial charge is 0.0992 e. The molecule has 14 heavy (non-hydrogen) atoms. The molecule has 3 nitrogen and oxygen atoms in total. The maximum absolute atomic E-state index is 9.08. The fourth-order valence-electron chi connectivity index (χ4n) is 0.986. The standard InChI is InChI=1S/C10H11BrN2O/c1-7(14)6-13-10-3-2-8(5-12)4-9(10)11/h2-4,7,13-14H,6H2,1H3/t7-/m1/s1. The third kappa shape index (κ3) is 3.02. The van der Waals surface area contributed by atoms with E-state index in [9.17, 15) is 0 Å². The third-order valence-electron chi connectivity index (χ3n) is 1.69. The lowest BCUT2D eigenvalue weighted by Gasteiger charge is -2.09. The van der Waals surface area contributed by atoms with Crippen molar-refractivity contribution in [3.63, 3.8) is 0 Å². The van der Waals surface area contributed by atoms with Gasteiger partial charge in [0.2, 0.25) is 0 Å². The molecule has 0 aromatic heterocycles. The first kappa shape index (κ1) is 11.0. The number of aliphatic hydroxyl groups is 1. The van der Waals surface area contributed by atoms with Crippen molar-refractivity contribution >= 4 is 21.6 Å². The molecule has 0 spiro atoms. The number of nitrogens with zero attached hydrogens (tertiary/aromatic N) is 1. The van der Waals surface area contributed by atoms with Gasteiger partial charge in [0.25, 0.3) is 0 Å². The number of hydrogen-bond acceptors (Lipinski definition) is 3. The summed E-state index contributed by atoms with van der Waals surface area (Å²) in [6.45, 7) is 2.20. The van der Waals surface area contributed by atoms with E-state index >= 15 is 0 Å². The van der Waals surface area contributed by atoms with Crippen LogP contribution in [0.1, 0.15) is 12.5 Å². The molecule has 0 amide bonds. The molecule has 0 aliphatic carbocycles. The Labute approximate surface area is 91.5 Å². The van der Waals surface area contributed by atoms with Crippen molar-refractivity contribution in [2.75, 3.05) is 11.9 Å². The van der Waals surface area contributed by atoms with E-state index in [1.165, 1.54) is 0 Å². The van der Waals surface area contributed by atoms with Crippen LogP contribution in [0.3, 0.4) is 0 Å². The van der Waals surface area contributed by atoms with Crippen LogP contribution in [0.5, 0.6) is 0 Å². The molecule has 0 radical (unpaired) electrons. The van der Waals surface area contributed by atoms with Crippen LogP contribution in [0.4, 0.5) is 5.69 Å². The monoisotopic (exact) mass is 254 g/mol. The highest BCUT2D eigenvalue weighted by Gasteiger charge is 2.01. The van der Waals surface area contributed by atoms with Gasteiger partial charge in [0, 0.05) is 16.7 Å². The minimum Gasteiger partial charge on any atom is -0.392 e. The summed E-state index contributed by atoms with van der Waals surface area (Å²) in [6, 6.07) is 7.33. The lowest BCUT2D eigenvalue weighted by molar-refractivity contribution is 0.208. The van der Waals surface area contributed by atoms with E-state index in [1.807, 2.05) is 6.07 Å². The second-order valence-corrected chi connectivity index (χ2v) is 3.89. The van der Waals surface area contributed by atoms with Crippen LogP contribution in [0.25, 0.3) is 0 Å². The Morgan fingerprint density at radius 2 is 2.36 bits per heavy atom. The van der Waals surface area contributed by atoms with E-state index in [2.05, 4.69) is 27.3 Å². The Hall–Kier alpha value is -1.05. The highest BCUT2D eigenvalue weighted by molar-refractivity contribution is 9.10. The molecule has 0 aliphatic rings. The zero-order valence-electron chi connectivity index (χ0n) is 7.79. The molecular weight excluding hydrogens is 244 g/mol. The van der Waals surface area contributed by atoms with Gasteiger partial charge in [-0.3, -0.25) is 0 Å². The summed E-state index contributed by atoms with van der Waals surface area (Å²) >= 11 is 3.34. The summed E-state index contributed by atoms with van der Waals surface area (Å²) < 4.78 is 0.831. The minimum atomic E-state index is -0.391. The van der Waals surface area contributed by atoms with Crippen LogP contribution in [-0.2, 0) is 0 Å². The number of nitrogens with one attached hydrogen (secondary N) is 1. The van der Waals surface area contributed by atoms with E-state index in [0.29, 0.717) is 12.1 Å². The molecule has 1 aromatic carbocycles. The van der Waals surface area contributed by atoms with Gasteiger partial charge in [0.1, 0.15) is 0 Å². The summed E-state index contributed by atoms with van der Waals surface area (Å²) in [5.74, 6) is 0. The van der Waals surface area contributed by atoms with Gasteiger partial charge in [0.05, 0.1) is 17.7 Å². The van der Waals surface area contributed by atoms with Gasteiger partial charge in [-0.2, -0.15) is 5.26 Å².